The summed E-state index contributed by atoms with van der Waals surface area (Å²) in [4.78, 5) is 6.41. The van der Waals surface area contributed by atoms with Crippen LogP contribution in [0.2, 0.25) is 0 Å². The molecule has 1 aromatic carbocycles. The molecule has 22 heavy (non-hydrogen) atoms. The predicted molar refractivity (Wildman–Crippen MR) is 88.1 cm³/mol. The van der Waals surface area contributed by atoms with Gasteiger partial charge in [0.2, 0.25) is 0 Å². The van der Waals surface area contributed by atoms with Crippen molar-refractivity contribution in [3.8, 4) is 6.07 Å². The maximum atomic E-state index is 9.60. The molecule has 0 saturated carbocycles. The molecular formula is C16H18N4OS. The quantitative estimate of drug-likeness (QED) is 0.907. The second kappa shape index (κ2) is 6.77. The molecule has 1 aliphatic heterocycles. The van der Waals surface area contributed by atoms with E-state index in [-0.39, 0.29) is 6.10 Å². The first-order valence-electron chi connectivity index (χ1n) is 7.34. The number of piperidine rings is 1. The van der Waals surface area contributed by atoms with E-state index >= 15 is 0 Å². The van der Waals surface area contributed by atoms with E-state index < -0.39 is 0 Å². The Kier molecular flexibility index (Phi) is 4.56. The highest BCUT2D eigenvalue weighted by Gasteiger charge is 2.19. The Morgan fingerprint density at radius 1 is 1.41 bits per heavy atom. The van der Waals surface area contributed by atoms with Gasteiger partial charge in [0.05, 0.1) is 35.1 Å². The molecule has 2 N–H and O–H groups in total. The van der Waals surface area contributed by atoms with Gasteiger partial charge >= 0.3 is 0 Å². The Labute approximate surface area is 133 Å². The van der Waals surface area contributed by atoms with Gasteiger partial charge in [0.1, 0.15) is 6.07 Å². The normalized spacial score (nSPS) is 15.5. The fourth-order valence-corrected chi connectivity index (χ4v) is 3.19. The summed E-state index contributed by atoms with van der Waals surface area (Å²) in [6.07, 6.45) is 1.31. The van der Waals surface area contributed by atoms with Gasteiger partial charge in [0, 0.05) is 24.2 Å². The molecule has 2 heterocycles. The minimum Gasteiger partial charge on any atom is -0.393 e. The van der Waals surface area contributed by atoms with Crippen molar-refractivity contribution in [1.82, 2.24) is 4.98 Å². The average molecular weight is 314 g/mol. The number of hydrogen-bond acceptors (Lipinski definition) is 6. The van der Waals surface area contributed by atoms with Gasteiger partial charge in [0.15, 0.2) is 0 Å². The molecule has 3 rings (SSSR count). The summed E-state index contributed by atoms with van der Waals surface area (Å²) in [6, 6.07) is 8.14. The molecule has 0 aliphatic carbocycles. The van der Waals surface area contributed by atoms with Gasteiger partial charge in [-0.15, -0.1) is 11.3 Å². The minimum atomic E-state index is -0.208. The largest absolute Gasteiger partial charge is 0.393 e. The molecule has 1 aliphatic rings. The molecule has 0 bridgehead atoms. The van der Waals surface area contributed by atoms with Crippen molar-refractivity contribution >= 4 is 22.7 Å². The smallest absolute Gasteiger partial charge is 0.101 e. The lowest BCUT2D eigenvalue weighted by molar-refractivity contribution is 0.145. The lowest BCUT2D eigenvalue weighted by atomic mass is 10.0. The molecule has 0 spiro atoms. The number of aromatic nitrogens is 1. The van der Waals surface area contributed by atoms with Crippen molar-refractivity contribution in [2.24, 2.45) is 0 Å². The first-order valence-corrected chi connectivity index (χ1v) is 8.28. The highest BCUT2D eigenvalue weighted by atomic mass is 32.1. The Hall–Kier alpha value is -2.10. The molecule has 1 saturated heterocycles. The molecule has 0 amide bonds. The van der Waals surface area contributed by atoms with Crippen molar-refractivity contribution in [2.45, 2.75) is 25.5 Å². The SMILES string of the molecule is N#Cc1cc(NCc2cscn2)ccc1N1CCC(O)CC1. The molecule has 0 radical (unpaired) electrons. The van der Waals surface area contributed by atoms with Gasteiger partial charge in [-0.3, -0.25) is 0 Å². The third kappa shape index (κ3) is 3.38. The summed E-state index contributed by atoms with van der Waals surface area (Å²) in [5.74, 6) is 0. The molecule has 6 heteroatoms. The first kappa shape index (κ1) is 14.8. The van der Waals surface area contributed by atoms with Gasteiger partial charge < -0.3 is 15.3 Å². The Morgan fingerprint density at radius 2 is 2.23 bits per heavy atom. The minimum absolute atomic E-state index is 0.208. The zero-order chi connectivity index (χ0) is 15.4. The van der Waals surface area contributed by atoms with Crippen molar-refractivity contribution in [3.05, 3.63) is 40.3 Å². The third-order valence-corrected chi connectivity index (χ3v) is 4.51. The van der Waals surface area contributed by atoms with E-state index in [9.17, 15) is 10.4 Å². The van der Waals surface area contributed by atoms with Crippen LogP contribution in [-0.4, -0.2) is 29.3 Å². The number of anilines is 2. The number of nitrogens with one attached hydrogen (secondary N) is 1. The summed E-state index contributed by atoms with van der Waals surface area (Å²) in [7, 11) is 0. The standard InChI is InChI=1S/C16H18N4OS/c17-8-12-7-13(18-9-14-10-22-11-19-14)1-2-16(12)20-5-3-15(21)4-6-20/h1-2,7,10-11,15,18,21H,3-6,9H2. The van der Waals surface area contributed by atoms with Gasteiger partial charge in [-0.2, -0.15) is 5.26 Å². The number of aliphatic hydroxyl groups is 1. The monoisotopic (exact) mass is 314 g/mol. The van der Waals surface area contributed by atoms with E-state index in [0.717, 1.165) is 43.0 Å². The van der Waals surface area contributed by atoms with E-state index in [4.69, 9.17) is 0 Å². The summed E-state index contributed by atoms with van der Waals surface area (Å²) >= 11 is 1.57. The van der Waals surface area contributed by atoms with Crippen LogP contribution in [0.3, 0.4) is 0 Å². The van der Waals surface area contributed by atoms with Gasteiger partial charge in [-0.25, -0.2) is 4.98 Å². The topological polar surface area (TPSA) is 72.2 Å². The number of aliphatic hydroxyl groups excluding tert-OH is 1. The number of hydrogen-bond donors (Lipinski definition) is 2. The molecular weight excluding hydrogens is 296 g/mol. The van der Waals surface area contributed by atoms with Crippen molar-refractivity contribution in [2.75, 3.05) is 23.3 Å². The maximum Gasteiger partial charge on any atom is 0.101 e. The molecule has 2 aromatic rings. The van der Waals surface area contributed by atoms with E-state index in [1.807, 2.05) is 29.1 Å². The van der Waals surface area contributed by atoms with Crippen LogP contribution in [0.25, 0.3) is 0 Å². The summed E-state index contributed by atoms with van der Waals surface area (Å²) in [5, 5.41) is 24.3. The van der Waals surface area contributed by atoms with Crippen molar-refractivity contribution in [3.63, 3.8) is 0 Å². The van der Waals surface area contributed by atoms with Gasteiger partial charge in [-0.1, -0.05) is 0 Å². The van der Waals surface area contributed by atoms with Gasteiger partial charge in [-0.05, 0) is 31.0 Å². The molecule has 5 nitrogen and oxygen atoms in total. The van der Waals surface area contributed by atoms with Crippen LogP contribution in [0.4, 0.5) is 11.4 Å². The summed E-state index contributed by atoms with van der Waals surface area (Å²) < 4.78 is 0. The number of thiazole rings is 1. The Bertz CT molecular complexity index is 657. The highest BCUT2D eigenvalue weighted by molar-refractivity contribution is 7.07. The Balaban J connectivity index is 1.72. The van der Waals surface area contributed by atoms with Crippen LogP contribution >= 0.6 is 11.3 Å². The zero-order valence-electron chi connectivity index (χ0n) is 12.2. The number of benzene rings is 1. The average Bonchev–Trinajstić information content (AvgIpc) is 3.07. The molecule has 0 unspecified atom stereocenters. The van der Waals surface area contributed by atoms with Crippen molar-refractivity contribution < 1.29 is 5.11 Å². The molecule has 114 valence electrons. The lowest BCUT2D eigenvalue weighted by Gasteiger charge is -2.32. The van der Waals surface area contributed by atoms with Crippen LogP contribution in [0.15, 0.2) is 29.1 Å². The lowest BCUT2D eigenvalue weighted by Crippen LogP contribution is -2.36. The summed E-state index contributed by atoms with van der Waals surface area (Å²) in [5.41, 5.74) is 5.35. The number of nitrogens with zero attached hydrogens (tertiary/aromatic N) is 3. The second-order valence-electron chi connectivity index (χ2n) is 5.40. The second-order valence-corrected chi connectivity index (χ2v) is 6.11. The van der Waals surface area contributed by atoms with Gasteiger partial charge in [0.25, 0.3) is 0 Å². The van der Waals surface area contributed by atoms with Crippen LogP contribution in [0, 0.1) is 11.3 Å². The van der Waals surface area contributed by atoms with E-state index in [0.29, 0.717) is 12.1 Å². The maximum absolute atomic E-state index is 9.60. The molecule has 0 atom stereocenters. The van der Waals surface area contributed by atoms with Crippen LogP contribution < -0.4 is 10.2 Å². The zero-order valence-corrected chi connectivity index (χ0v) is 13.0. The molecule has 1 fully saturated rings. The molecule has 1 aromatic heterocycles. The number of rotatable bonds is 4. The first-order chi connectivity index (χ1) is 10.8. The third-order valence-electron chi connectivity index (χ3n) is 3.88. The van der Waals surface area contributed by atoms with E-state index in [1.165, 1.54) is 0 Å². The summed E-state index contributed by atoms with van der Waals surface area (Å²) in [6.45, 7) is 2.24. The van der Waals surface area contributed by atoms with E-state index in [1.54, 1.807) is 11.3 Å². The predicted octanol–water partition coefficient (Wildman–Crippen LogP) is 2.59. The van der Waals surface area contributed by atoms with Crippen molar-refractivity contribution in [1.29, 1.82) is 5.26 Å². The van der Waals surface area contributed by atoms with Crippen LogP contribution in [0.1, 0.15) is 24.1 Å². The van der Waals surface area contributed by atoms with E-state index in [2.05, 4.69) is 21.3 Å². The Morgan fingerprint density at radius 3 is 2.91 bits per heavy atom. The fourth-order valence-electron chi connectivity index (χ4n) is 2.64. The fraction of sp³-hybridized carbons (Fsp3) is 0.375. The highest BCUT2D eigenvalue weighted by Crippen LogP contribution is 2.26. The number of nitriles is 1. The van der Waals surface area contributed by atoms with Crippen LogP contribution in [-0.2, 0) is 6.54 Å². The van der Waals surface area contributed by atoms with Crippen LogP contribution in [0.5, 0.6) is 0 Å².